The molecule has 0 atom stereocenters. The minimum atomic E-state index is -0.388. The molecule has 3 amide bonds. The molecule has 1 aliphatic rings. The number of carbonyl (C=O) groups excluding carboxylic acids is 3. The highest BCUT2D eigenvalue weighted by atomic mass is 19.1. The van der Waals surface area contributed by atoms with Crippen LogP contribution < -0.4 is 10.6 Å². The fourth-order valence-electron chi connectivity index (χ4n) is 3.76. The van der Waals surface area contributed by atoms with Crippen LogP contribution in [-0.2, 0) is 9.53 Å². The van der Waals surface area contributed by atoms with Crippen molar-refractivity contribution in [1.29, 1.82) is 0 Å². The zero-order valence-corrected chi connectivity index (χ0v) is 18.8. The highest BCUT2D eigenvalue weighted by Crippen LogP contribution is 2.23. The molecular formula is C25H30FN3O4. The molecule has 2 N–H and O–H groups in total. The van der Waals surface area contributed by atoms with Gasteiger partial charge in [0, 0.05) is 44.3 Å². The van der Waals surface area contributed by atoms with Crippen molar-refractivity contribution in [2.45, 2.75) is 26.2 Å². The lowest BCUT2D eigenvalue weighted by Crippen LogP contribution is -2.41. The third-order valence-electron chi connectivity index (χ3n) is 5.63. The molecule has 0 aromatic heterocycles. The van der Waals surface area contributed by atoms with E-state index in [0.717, 1.165) is 0 Å². The van der Waals surface area contributed by atoms with Gasteiger partial charge in [0.1, 0.15) is 5.82 Å². The molecule has 0 unspecified atom stereocenters. The van der Waals surface area contributed by atoms with Crippen molar-refractivity contribution in [1.82, 2.24) is 10.2 Å². The molecule has 1 fully saturated rings. The Hall–Kier alpha value is -3.26. The first kappa shape index (κ1) is 24.4. The van der Waals surface area contributed by atoms with Gasteiger partial charge in [-0.2, -0.15) is 0 Å². The SMILES string of the molecule is CCOCCCNC(=O)c1ccccc1NC(=O)C1CCN(C(=O)c2ccc(F)cc2)CC1. The second-order valence-electron chi connectivity index (χ2n) is 7.91. The molecule has 1 saturated heterocycles. The number of hydrogen-bond donors (Lipinski definition) is 2. The molecule has 1 heterocycles. The lowest BCUT2D eigenvalue weighted by Gasteiger charge is -2.31. The van der Waals surface area contributed by atoms with Gasteiger partial charge in [-0.25, -0.2) is 4.39 Å². The number of nitrogens with one attached hydrogen (secondary N) is 2. The van der Waals surface area contributed by atoms with Gasteiger partial charge in [0.25, 0.3) is 11.8 Å². The Morgan fingerprint density at radius 3 is 2.45 bits per heavy atom. The number of halogens is 1. The van der Waals surface area contributed by atoms with E-state index in [0.29, 0.717) is 68.9 Å². The monoisotopic (exact) mass is 455 g/mol. The molecule has 1 aliphatic heterocycles. The van der Waals surface area contributed by atoms with E-state index in [1.54, 1.807) is 29.2 Å². The van der Waals surface area contributed by atoms with Crippen LogP contribution in [0.2, 0.25) is 0 Å². The molecule has 3 rings (SSSR count). The van der Waals surface area contributed by atoms with E-state index >= 15 is 0 Å². The number of piperidine rings is 1. The smallest absolute Gasteiger partial charge is 0.253 e. The van der Waals surface area contributed by atoms with E-state index in [1.165, 1.54) is 24.3 Å². The summed E-state index contributed by atoms with van der Waals surface area (Å²) < 4.78 is 18.4. The van der Waals surface area contributed by atoms with Crippen molar-refractivity contribution in [3.05, 3.63) is 65.5 Å². The van der Waals surface area contributed by atoms with E-state index in [2.05, 4.69) is 10.6 Å². The maximum atomic E-state index is 13.1. The van der Waals surface area contributed by atoms with Crippen LogP contribution in [0.15, 0.2) is 48.5 Å². The Balaban J connectivity index is 1.52. The topological polar surface area (TPSA) is 87.7 Å². The number of amides is 3. The van der Waals surface area contributed by atoms with Crippen LogP contribution in [0, 0.1) is 11.7 Å². The predicted octanol–water partition coefficient (Wildman–Crippen LogP) is 3.47. The number of rotatable bonds is 9. The Morgan fingerprint density at radius 2 is 1.76 bits per heavy atom. The number of anilines is 1. The van der Waals surface area contributed by atoms with Gasteiger partial charge in [-0.3, -0.25) is 14.4 Å². The van der Waals surface area contributed by atoms with Crippen molar-refractivity contribution >= 4 is 23.4 Å². The molecule has 0 radical (unpaired) electrons. The molecule has 0 spiro atoms. The van der Waals surface area contributed by atoms with Gasteiger partial charge in [0.2, 0.25) is 5.91 Å². The van der Waals surface area contributed by atoms with Gasteiger partial charge in [-0.1, -0.05) is 12.1 Å². The van der Waals surface area contributed by atoms with E-state index in [4.69, 9.17) is 4.74 Å². The first-order chi connectivity index (χ1) is 16.0. The summed E-state index contributed by atoms with van der Waals surface area (Å²) in [4.78, 5) is 39.7. The molecule has 176 valence electrons. The number of benzene rings is 2. The summed E-state index contributed by atoms with van der Waals surface area (Å²) in [6, 6.07) is 12.4. The molecule has 0 bridgehead atoms. The lowest BCUT2D eigenvalue weighted by molar-refractivity contribution is -0.121. The molecule has 8 heteroatoms. The molecule has 7 nitrogen and oxygen atoms in total. The molecule has 2 aromatic carbocycles. The fourth-order valence-corrected chi connectivity index (χ4v) is 3.76. The Kier molecular flexibility index (Phi) is 8.95. The summed E-state index contributed by atoms with van der Waals surface area (Å²) in [5.74, 6) is -1.23. The first-order valence-corrected chi connectivity index (χ1v) is 11.3. The minimum Gasteiger partial charge on any atom is -0.382 e. The van der Waals surface area contributed by atoms with Gasteiger partial charge in [0.15, 0.2) is 0 Å². The van der Waals surface area contributed by atoms with Crippen molar-refractivity contribution in [3.63, 3.8) is 0 Å². The third kappa shape index (κ3) is 6.86. The first-order valence-electron chi connectivity index (χ1n) is 11.3. The minimum absolute atomic E-state index is 0.166. The molecule has 2 aromatic rings. The van der Waals surface area contributed by atoms with E-state index in [1.807, 2.05) is 6.92 Å². The highest BCUT2D eigenvalue weighted by Gasteiger charge is 2.28. The summed E-state index contributed by atoms with van der Waals surface area (Å²) in [5, 5.41) is 5.73. The Bertz CT molecular complexity index is 956. The van der Waals surface area contributed by atoms with Gasteiger partial charge >= 0.3 is 0 Å². The zero-order valence-electron chi connectivity index (χ0n) is 18.8. The third-order valence-corrected chi connectivity index (χ3v) is 5.63. The maximum Gasteiger partial charge on any atom is 0.253 e. The number of likely N-dealkylation sites (tertiary alicyclic amines) is 1. The maximum absolute atomic E-state index is 13.1. The number of hydrogen-bond acceptors (Lipinski definition) is 4. The van der Waals surface area contributed by atoms with Crippen LogP contribution in [0.4, 0.5) is 10.1 Å². The van der Waals surface area contributed by atoms with Crippen LogP contribution in [0.1, 0.15) is 46.9 Å². The molecule has 33 heavy (non-hydrogen) atoms. The van der Waals surface area contributed by atoms with Gasteiger partial charge in [0.05, 0.1) is 11.3 Å². The number of carbonyl (C=O) groups is 3. The molecular weight excluding hydrogens is 425 g/mol. The van der Waals surface area contributed by atoms with Crippen LogP contribution >= 0.6 is 0 Å². The van der Waals surface area contributed by atoms with Gasteiger partial charge < -0.3 is 20.3 Å². The highest BCUT2D eigenvalue weighted by molar-refractivity contribution is 6.04. The van der Waals surface area contributed by atoms with E-state index in [9.17, 15) is 18.8 Å². The largest absolute Gasteiger partial charge is 0.382 e. The Morgan fingerprint density at radius 1 is 1.06 bits per heavy atom. The quantitative estimate of drug-likeness (QED) is 0.567. The number of nitrogens with zero attached hydrogens (tertiary/aromatic N) is 1. The number of para-hydroxylation sites is 1. The van der Waals surface area contributed by atoms with E-state index < -0.39 is 0 Å². The standard InChI is InChI=1S/C25H30FN3O4/c1-2-33-17-5-14-27-24(31)21-6-3-4-7-22(21)28-23(30)18-12-15-29(16-13-18)25(32)19-8-10-20(26)11-9-19/h3-4,6-11,18H,2,5,12-17H2,1H3,(H,27,31)(H,28,30). The summed E-state index contributed by atoms with van der Waals surface area (Å²) >= 11 is 0. The van der Waals surface area contributed by atoms with Crippen molar-refractivity contribution in [2.75, 3.05) is 38.2 Å². The average molecular weight is 456 g/mol. The second kappa shape index (κ2) is 12.1. The predicted molar refractivity (Wildman–Crippen MR) is 124 cm³/mol. The van der Waals surface area contributed by atoms with Crippen LogP contribution in [0.5, 0.6) is 0 Å². The van der Waals surface area contributed by atoms with Crippen LogP contribution in [0.25, 0.3) is 0 Å². The van der Waals surface area contributed by atoms with Crippen molar-refractivity contribution in [2.24, 2.45) is 5.92 Å². The Labute approximate surface area is 193 Å². The van der Waals surface area contributed by atoms with Crippen LogP contribution in [-0.4, -0.2) is 55.5 Å². The summed E-state index contributed by atoms with van der Waals surface area (Å²) in [6.07, 6.45) is 1.75. The normalized spacial score (nSPS) is 14.1. The fraction of sp³-hybridized carbons (Fsp3) is 0.400. The summed E-state index contributed by atoms with van der Waals surface area (Å²) in [6.45, 7) is 4.51. The molecule has 0 saturated carbocycles. The van der Waals surface area contributed by atoms with Crippen LogP contribution in [0.3, 0.4) is 0 Å². The number of ether oxygens (including phenoxy) is 1. The van der Waals surface area contributed by atoms with Gasteiger partial charge in [-0.15, -0.1) is 0 Å². The lowest BCUT2D eigenvalue weighted by atomic mass is 9.95. The van der Waals surface area contributed by atoms with E-state index in [-0.39, 0.29) is 29.5 Å². The van der Waals surface area contributed by atoms with Crippen molar-refractivity contribution < 1.29 is 23.5 Å². The summed E-state index contributed by atoms with van der Waals surface area (Å²) in [7, 11) is 0. The molecule has 0 aliphatic carbocycles. The average Bonchev–Trinajstić information content (AvgIpc) is 2.84. The van der Waals surface area contributed by atoms with Crippen molar-refractivity contribution in [3.8, 4) is 0 Å². The van der Waals surface area contributed by atoms with Gasteiger partial charge in [-0.05, 0) is 62.6 Å². The summed E-state index contributed by atoms with van der Waals surface area (Å²) in [5.41, 5.74) is 1.31. The zero-order chi connectivity index (χ0) is 23.6. The second-order valence-corrected chi connectivity index (χ2v) is 7.91.